The molecule has 1 N–H and O–H groups in total. The molecule has 0 saturated heterocycles. The molecule has 3 nitrogen and oxygen atoms in total. The van der Waals surface area contributed by atoms with E-state index < -0.39 is 5.97 Å². The fraction of sp³-hybridized carbons (Fsp3) is 0.909. The Balaban J connectivity index is 3.18. The first-order valence-corrected chi connectivity index (χ1v) is 5.57. The summed E-state index contributed by atoms with van der Waals surface area (Å²) in [6.07, 6.45) is 6.61. The number of hydrogen-bond acceptors (Lipinski definition) is 2. The fourth-order valence-corrected chi connectivity index (χ4v) is 1.38. The van der Waals surface area contributed by atoms with Crippen molar-refractivity contribution in [2.24, 2.45) is 0 Å². The molecule has 0 heterocycles. The summed E-state index contributed by atoms with van der Waals surface area (Å²) in [5, 5.41) is 8.48. The van der Waals surface area contributed by atoms with Crippen molar-refractivity contribution < 1.29 is 9.90 Å². The molecule has 0 rings (SSSR count). The van der Waals surface area contributed by atoms with Gasteiger partial charge in [0.05, 0.1) is 6.42 Å². The normalized spacial score (nSPS) is 10.8. The second kappa shape index (κ2) is 9.00. The number of hydrogen-bond donors (Lipinski definition) is 1. The predicted molar refractivity (Wildman–Crippen MR) is 58.5 cm³/mol. The highest BCUT2D eigenvalue weighted by molar-refractivity contribution is 5.66. The molecular formula is C11H23NO2. The molecule has 84 valence electrons. The van der Waals surface area contributed by atoms with Gasteiger partial charge in [-0.05, 0) is 20.0 Å². The van der Waals surface area contributed by atoms with Crippen molar-refractivity contribution in [3.8, 4) is 0 Å². The maximum atomic E-state index is 10.3. The Labute approximate surface area is 87.1 Å². The average molecular weight is 201 g/mol. The van der Waals surface area contributed by atoms with E-state index >= 15 is 0 Å². The van der Waals surface area contributed by atoms with Gasteiger partial charge in [0.15, 0.2) is 0 Å². The highest BCUT2D eigenvalue weighted by atomic mass is 16.4. The molecule has 0 aliphatic rings. The Morgan fingerprint density at radius 2 is 1.79 bits per heavy atom. The summed E-state index contributed by atoms with van der Waals surface area (Å²) in [5.74, 6) is -0.706. The van der Waals surface area contributed by atoms with Gasteiger partial charge in [0.25, 0.3) is 0 Å². The Bertz CT molecular complexity index is 148. The number of carboxylic acids is 1. The Morgan fingerprint density at radius 1 is 1.14 bits per heavy atom. The van der Waals surface area contributed by atoms with Gasteiger partial charge in [0.1, 0.15) is 0 Å². The van der Waals surface area contributed by atoms with Crippen molar-refractivity contribution in [3.63, 3.8) is 0 Å². The van der Waals surface area contributed by atoms with Gasteiger partial charge in [0.2, 0.25) is 0 Å². The minimum Gasteiger partial charge on any atom is -0.481 e. The fourth-order valence-electron chi connectivity index (χ4n) is 1.38. The van der Waals surface area contributed by atoms with Crippen LogP contribution in [0.15, 0.2) is 0 Å². The van der Waals surface area contributed by atoms with Gasteiger partial charge >= 0.3 is 5.97 Å². The monoisotopic (exact) mass is 201 g/mol. The molecule has 0 aliphatic carbocycles. The molecule has 14 heavy (non-hydrogen) atoms. The topological polar surface area (TPSA) is 40.5 Å². The summed E-state index contributed by atoms with van der Waals surface area (Å²) in [4.78, 5) is 12.4. The molecule has 0 fully saturated rings. The third-order valence-electron chi connectivity index (χ3n) is 2.35. The summed E-state index contributed by atoms with van der Waals surface area (Å²) in [5.41, 5.74) is 0. The smallest absolute Gasteiger partial charge is 0.304 e. The van der Waals surface area contributed by atoms with Crippen LogP contribution in [-0.2, 0) is 4.79 Å². The number of aliphatic carboxylic acids is 1. The number of nitrogens with zero attached hydrogens (tertiary/aromatic N) is 1. The molecule has 0 saturated carbocycles. The quantitative estimate of drug-likeness (QED) is 0.582. The van der Waals surface area contributed by atoms with E-state index in [1.54, 1.807) is 0 Å². The van der Waals surface area contributed by atoms with E-state index in [1.165, 1.54) is 32.1 Å². The lowest BCUT2D eigenvalue weighted by atomic mass is 10.1. The van der Waals surface area contributed by atoms with Crippen molar-refractivity contribution in [2.75, 3.05) is 20.1 Å². The Kier molecular flexibility index (Phi) is 8.64. The first-order valence-electron chi connectivity index (χ1n) is 5.57. The zero-order chi connectivity index (χ0) is 10.8. The summed E-state index contributed by atoms with van der Waals surface area (Å²) in [6, 6.07) is 0. The van der Waals surface area contributed by atoms with E-state index in [0.717, 1.165) is 6.54 Å². The highest BCUT2D eigenvalue weighted by Crippen LogP contribution is 2.03. The van der Waals surface area contributed by atoms with Gasteiger partial charge in [-0.15, -0.1) is 0 Å². The van der Waals surface area contributed by atoms with Crippen molar-refractivity contribution in [1.82, 2.24) is 4.90 Å². The molecule has 0 atom stereocenters. The molecule has 0 spiro atoms. The standard InChI is InChI=1S/C11H23NO2/c1-3-4-5-6-7-9-12(2)10-8-11(13)14/h3-10H2,1-2H3,(H,13,14). The SMILES string of the molecule is CCCCCCCN(C)CCC(=O)O. The van der Waals surface area contributed by atoms with Crippen LogP contribution in [0.4, 0.5) is 0 Å². The van der Waals surface area contributed by atoms with Crippen LogP contribution in [0, 0.1) is 0 Å². The number of carbonyl (C=O) groups is 1. The number of unbranched alkanes of at least 4 members (excludes halogenated alkanes) is 4. The van der Waals surface area contributed by atoms with Crippen LogP contribution in [-0.4, -0.2) is 36.1 Å². The van der Waals surface area contributed by atoms with Gasteiger partial charge in [0, 0.05) is 6.54 Å². The van der Waals surface area contributed by atoms with Crippen LogP contribution in [0.25, 0.3) is 0 Å². The third-order valence-corrected chi connectivity index (χ3v) is 2.35. The molecular weight excluding hydrogens is 178 g/mol. The summed E-state index contributed by atoms with van der Waals surface area (Å²) in [7, 11) is 1.99. The van der Waals surface area contributed by atoms with E-state index in [-0.39, 0.29) is 6.42 Å². The minimum absolute atomic E-state index is 0.255. The van der Waals surface area contributed by atoms with E-state index in [1.807, 2.05) is 7.05 Å². The van der Waals surface area contributed by atoms with Gasteiger partial charge in [-0.25, -0.2) is 0 Å². The molecule has 0 unspecified atom stereocenters. The lowest BCUT2D eigenvalue weighted by molar-refractivity contribution is -0.137. The molecule has 0 bridgehead atoms. The van der Waals surface area contributed by atoms with Crippen molar-refractivity contribution in [3.05, 3.63) is 0 Å². The first kappa shape index (κ1) is 13.4. The molecule has 0 radical (unpaired) electrons. The first-order chi connectivity index (χ1) is 6.66. The van der Waals surface area contributed by atoms with E-state index in [9.17, 15) is 4.79 Å². The van der Waals surface area contributed by atoms with Gasteiger partial charge in [-0.1, -0.05) is 32.6 Å². The van der Waals surface area contributed by atoms with Crippen molar-refractivity contribution >= 4 is 5.97 Å². The van der Waals surface area contributed by atoms with Gasteiger partial charge in [-0.3, -0.25) is 4.79 Å². The molecule has 0 aliphatic heterocycles. The van der Waals surface area contributed by atoms with Crippen LogP contribution in [0.1, 0.15) is 45.4 Å². The Hall–Kier alpha value is -0.570. The molecule has 0 aromatic rings. The van der Waals surface area contributed by atoms with Gasteiger partial charge < -0.3 is 10.0 Å². The molecule has 0 amide bonds. The third kappa shape index (κ3) is 9.52. The average Bonchev–Trinajstić information content (AvgIpc) is 2.14. The zero-order valence-corrected chi connectivity index (χ0v) is 9.46. The van der Waals surface area contributed by atoms with Crippen LogP contribution < -0.4 is 0 Å². The highest BCUT2D eigenvalue weighted by Gasteiger charge is 2.01. The van der Waals surface area contributed by atoms with Crippen LogP contribution >= 0.6 is 0 Å². The maximum Gasteiger partial charge on any atom is 0.304 e. The van der Waals surface area contributed by atoms with Crippen LogP contribution in [0.2, 0.25) is 0 Å². The number of carboxylic acid groups (broad SMARTS) is 1. The van der Waals surface area contributed by atoms with Crippen LogP contribution in [0.3, 0.4) is 0 Å². The molecule has 0 aromatic heterocycles. The van der Waals surface area contributed by atoms with E-state index in [2.05, 4.69) is 11.8 Å². The van der Waals surface area contributed by atoms with Crippen molar-refractivity contribution in [2.45, 2.75) is 45.4 Å². The van der Waals surface area contributed by atoms with Crippen LogP contribution in [0.5, 0.6) is 0 Å². The summed E-state index contributed by atoms with van der Waals surface area (Å²) >= 11 is 0. The second-order valence-electron chi connectivity index (χ2n) is 3.86. The minimum atomic E-state index is -0.706. The largest absolute Gasteiger partial charge is 0.481 e. The van der Waals surface area contributed by atoms with E-state index in [4.69, 9.17) is 5.11 Å². The Morgan fingerprint density at radius 3 is 2.36 bits per heavy atom. The molecule has 0 aromatic carbocycles. The van der Waals surface area contributed by atoms with Crippen molar-refractivity contribution in [1.29, 1.82) is 0 Å². The summed E-state index contributed by atoms with van der Waals surface area (Å²) in [6.45, 7) is 3.90. The molecule has 3 heteroatoms. The summed E-state index contributed by atoms with van der Waals surface area (Å²) < 4.78 is 0. The predicted octanol–water partition coefficient (Wildman–Crippen LogP) is 2.36. The van der Waals surface area contributed by atoms with E-state index in [0.29, 0.717) is 6.54 Å². The van der Waals surface area contributed by atoms with Gasteiger partial charge in [-0.2, -0.15) is 0 Å². The maximum absolute atomic E-state index is 10.3. The zero-order valence-electron chi connectivity index (χ0n) is 9.46. The number of rotatable bonds is 9. The lowest BCUT2D eigenvalue weighted by Gasteiger charge is -2.14. The second-order valence-corrected chi connectivity index (χ2v) is 3.86. The lowest BCUT2D eigenvalue weighted by Crippen LogP contribution is -2.22.